The zero-order valence-corrected chi connectivity index (χ0v) is 36.9. The lowest BCUT2D eigenvalue weighted by Gasteiger charge is -2.34. The highest BCUT2D eigenvalue weighted by molar-refractivity contribution is 7.19. The summed E-state index contributed by atoms with van der Waals surface area (Å²) in [6.45, 7) is 0. The van der Waals surface area contributed by atoms with Gasteiger partial charge in [-0.2, -0.15) is 5.26 Å². The molecule has 0 aliphatic rings. The second kappa shape index (κ2) is 15.0. The summed E-state index contributed by atoms with van der Waals surface area (Å²) in [4.78, 5) is 0. The monoisotopic (exact) mass is 856 g/mol. The first kappa shape index (κ1) is 37.8. The average Bonchev–Trinajstić information content (AvgIpc) is 4.04. The van der Waals surface area contributed by atoms with Gasteiger partial charge in [0.05, 0.1) is 56.1 Å². The Morgan fingerprint density at radius 2 is 0.773 bits per heavy atom. The Morgan fingerprint density at radius 3 is 1.39 bits per heavy atom. The van der Waals surface area contributed by atoms with Gasteiger partial charge >= 0.3 is 0 Å². The molecule has 308 valence electrons. The Kier molecular flexibility index (Phi) is 8.57. The zero-order valence-electron chi connectivity index (χ0n) is 35.9. The Balaban J connectivity index is 1.07. The molecule has 0 aliphatic heterocycles. The summed E-state index contributed by atoms with van der Waals surface area (Å²) in [5, 5.41) is 22.3. The van der Waals surface area contributed by atoms with Crippen LogP contribution in [-0.4, -0.2) is 21.8 Å². The van der Waals surface area contributed by atoms with Crippen LogP contribution in [0.5, 0.6) is 0 Å². The van der Waals surface area contributed by atoms with Crippen LogP contribution in [0.3, 0.4) is 0 Å². The highest BCUT2D eigenvalue weighted by Gasteiger charge is 2.41. The van der Waals surface area contributed by atoms with Gasteiger partial charge in [0, 0.05) is 38.0 Å². The van der Waals surface area contributed by atoms with E-state index in [0.29, 0.717) is 5.56 Å². The molecule has 0 fully saturated rings. The van der Waals surface area contributed by atoms with Crippen molar-refractivity contribution in [2.24, 2.45) is 0 Å². The molecule has 0 saturated heterocycles. The van der Waals surface area contributed by atoms with Crippen molar-refractivity contribution in [1.29, 1.82) is 5.26 Å². The first-order valence-electron chi connectivity index (χ1n) is 22.5. The third kappa shape index (κ3) is 5.43. The minimum absolute atomic E-state index is 0.653. The van der Waals surface area contributed by atoms with Crippen LogP contribution < -0.4 is 20.7 Å². The normalized spacial score (nSPS) is 11.9. The van der Waals surface area contributed by atoms with Crippen molar-refractivity contribution in [1.82, 2.24) is 13.7 Å². The van der Waals surface area contributed by atoms with Gasteiger partial charge in [0.1, 0.15) is 0 Å². The molecular formula is C61H40N4Si. The largest absolute Gasteiger partial charge is 0.309 e. The zero-order chi connectivity index (χ0) is 43.8. The minimum Gasteiger partial charge on any atom is -0.309 e. The van der Waals surface area contributed by atoms with E-state index in [4.69, 9.17) is 0 Å². The standard InChI is InChI=1S/C61H40N4Si/c62-41-42-34-39-56-52(40-42)49-25-11-13-28-53(49)64(56)59-33-16-27-50-48-24-10-14-29-54(48)65(61(50)59)58-32-17-31-57-60(58)51-26-12-15-30-55(51)63(57)43-35-37-47(38-36-43)66(44-18-4-1-5-19-44,45-20-6-2-7-21-45)46-22-8-3-9-23-46/h1-40H. The van der Waals surface area contributed by atoms with Crippen LogP contribution >= 0.6 is 0 Å². The molecule has 3 heterocycles. The Morgan fingerprint density at radius 1 is 0.318 bits per heavy atom. The summed E-state index contributed by atoms with van der Waals surface area (Å²) in [5.74, 6) is 0. The van der Waals surface area contributed by atoms with Crippen molar-refractivity contribution in [3.8, 4) is 23.1 Å². The van der Waals surface area contributed by atoms with Crippen LogP contribution in [0.25, 0.3) is 82.5 Å². The fourth-order valence-electron chi connectivity index (χ4n) is 11.1. The summed E-state index contributed by atoms with van der Waals surface area (Å²) in [6, 6.07) is 90.9. The number of rotatable bonds is 7. The third-order valence-electron chi connectivity index (χ3n) is 13.8. The number of nitrogens with zero attached hydrogens (tertiary/aromatic N) is 4. The van der Waals surface area contributed by atoms with Crippen LogP contribution in [0.15, 0.2) is 243 Å². The summed E-state index contributed by atoms with van der Waals surface area (Å²) >= 11 is 0. The highest BCUT2D eigenvalue weighted by Crippen LogP contribution is 2.43. The minimum atomic E-state index is -2.71. The lowest BCUT2D eigenvalue weighted by atomic mass is 10.1. The Labute approximate surface area is 382 Å². The predicted molar refractivity (Wildman–Crippen MR) is 278 cm³/mol. The van der Waals surface area contributed by atoms with Crippen LogP contribution in [0, 0.1) is 11.3 Å². The van der Waals surface area contributed by atoms with E-state index in [2.05, 4.69) is 250 Å². The predicted octanol–water partition coefficient (Wildman–Crippen LogP) is 12.2. The van der Waals surface area contributed by atoms with E-state index in [1.165, 1.54) is 42.3 Å². The molecule has 13 aromatic rings. The van der Waals surface area contributed by atoms with E-state index >= 15 is 0 Å². The number of nitriles is 1. The lowest BCUT2D eigenvalue weighted by molar-refractivity contribution is 1.14. The van der Waals surface area contributed by atoms with E-state index in [-0.39, 0.29) is 0 Å². The van der Waals surface area contributed by atoms with E-state index in [1.54, 1.807) is 0 Å². The number of hydrogen-bond acceptors (Lipinski definition) is 1. The van der Waals surface area contributed by atoms with E-state index in [1.807, 2.05) is 12.1 Å². The molecule has 13 rings (SSSR count). The van der Waals surface area contributed by atoms with Crippen LogP contribution in [0.1, 0.15) is 5.56 Å². The smallest absolute Gasteiger partial charge is 0.179 e. The van der Waals surface area contributed by atoms with Crippen LogP contribution in [0.2, 0.25) is 0 Å². The summed E-state index contributed by atoms with van der Waals surface area (Å²) < 4.78 is 7.33. The van der Waals surface area contributed by atoms with Crippen molar-refractivity contribution >= 4 is 94.2 Å². The second-order valence-electron chi connectivity index (χ2n) is 17.1. The van der Waals surface area contributed by atoms with Crippen molar-refractivity contribution < 1.29 is 0 Å². The maximum atomic E-state index is 9.93. The molecule has 10 aromatic carbocycles. The van der Waals surface area contributed by atoms with E-state index in [9.17, 15) is 5.26 Å². The van der Waals surface area contributed by atoms with Crippen LogP contribution in [0.4, 0.5) is 0 Å². The number of aromatic nitrogens is 3. The summed E-state index contributed by atoms with van der Waals surface area (Å²) in [7, 11) is -2.71. The van der Waals surface area contributed by atoms with Crippen molar-refractivity contribution in [3.63, 3.8) is 0 Å². The van der Waals surface area contributed by atoms with Gasteiger partial charge in [-0.05, 0) is 87.5 Å². The van der Waals surface area contributed by atoms with Gasteiger partial charge in [-0.3, -0.25) is 0 Å². The molecular weight excluding hydrogens is 817 g/mol. The number of para-hydroxylation sites is 4. The summed E-state index contributed by atoms with van der Waals surface area (Å²) in [5.41, 5.74) is 10.7. The lowest BCUT2D eigenvalue weighted by Crippen LogP contribution is -2.74. The highest BCUT2D eigenvalue weighted by atomic mass is 28.3. The van der Waals surface area contributed by atoms with E-state index < -0.39 is 8.07 Å². The maximum absolute atomic E-state index is 9.93. The molecule has 3 aromatic heterocycles. The third-order valence-corrected chi connectivity index (χ3v) is 18.6. The number of hydrogen-bond donors (Lipinski definition) is 0. The second-order valence-corrected chi connectivity index (χ2v) is 21.0. The van der Waals surface area contributed by atoms with Gasteiger partial charge in [0.15, 0.2) is 8.07 Å². The van der Waals surface area contributed by atoms with Gasteiger partial charge in [0.2, 0.25) is 0 Å². The molecule has 0 amide bonds. The van der Waals surface area contributed by atoms with Crippen molar-refractivity contribution in [2.75, 3.05) is 0 Å². The van der Waals surface area contributed by atoms with Crippen LogP contribution in [-0.2, 0) is 0 Å². The molecule has 0 bridgehead atoms. The summed E-state index contributed by atoms with van der Waals surface area (Å²) in [6.07, 6.45) is 0. The maximum Gasteiger partial charge on any atom is 0.179 e. The van der Waals surface area contributed by atoms with Gasteiger partial charge in [0.25, 0.3) is 0 Å². The molecule has 0 radical (unpaired) electrons. The molecule has 0 spiro atoms. The average molecular weight is 857 g/mol. The SMILES string of the molecule is N#Cc1ccc2c(c1)c1ccccc1n2-c1cccc2c3ccccc3n(-c3cccc4c3c3ccccc3n4-c3ccc([Si](c4ccccc4)(c4ccccc4)c4ccccc4)cc3)c12. The fraction of sp³-hybridized carbons (Fsp3) is 0. The topological polar surface area (TPSA) is 38.6 Å². The van der Waals surface area contributed by atoms with Crippen molar-refractivity contribution in [3.05, 3.63) is 248 Å². The van der Waals surface area contributed by atoms with Gasteiger partial charge < -0.3 is 13.7 Å². The van der Waals surface area contributed by atoms with Gasteiger partial charge in [-0.25, -0.2) is 0 Å². The molecule has 66 heavy (non-hydrogen) atoms. The van der Waals surface area contributed by atoms with Crippen molar-refractivity contribution in [2.45, 2.75) is 0 Å². The Hall–Kier alpha value is -8.69. The molecule has 5 heteroatoms. The van der Waals surface area contributed by atoms with Gasteiger partial charge in [-0.1, -0.05) is 176 Å². The first-order chi connectivity index (χ1) is 32.7. The molecule has 0 aliphatic carbocycles. The number of benzene rings is 10. The fourth-order valence-corrected chi connectivity index (χ4v) is 15.9. The molecule has 0 N–H and O–H groups in total. The Bertz CT molecular complexity index is 3950. The molecule has 4 nitrogen and oxygen atoms in total. The number of fused-ring (bicyclic) bond motifs is 9. The molecule has 0 unspecified atom stereocenters. The molecule has 0 atom stereocenters. The van der Waals surface area contributed by atoms with E-state index in [0.717, 1.165) is 60.9 Å². The quantitative estimate of drug-likeness (QED) is 0.116. The first-order valence-corrected chi connectivity index (χ1v) is 24.5. The molecule has 0 saturated carbocycles. The van der Waals surface area contributed by atoms with Gasteiger partial charge in [-0.15, -0.1) is 0 Å².